The van der Waals surface area contributed by atoms with E-state index in [0.717, 1.165) is 44.3 Å². The predicted molar refractivity (Wildman–Crippen MR) is 131 cm³/mol. The smallest absolute Gasteiger partial charge is 0.321 e. The fraction of sp³-hybridized carbons (Fsp3) is 0.250. The SMILES string of the molecule is COc1ccc(-c2nsc3c(N4CCN(C(=O)Nc5cccc(C)c5)CC4)ncnc23)cc1. The Kier molecular flexibility index (Phi) is 5.78. The van der Waals surface area contributed by atoms with Crippen molar-refractivity contribution in [1.29, 1.82) is 0 Å². The summed E-state index contributed by atoms with van der Waals surface area (Å²) in [5.74, 6) is 1.67. The van der Waals surface area contributed by atoms with Crippen LogP contribution in [0.3, 0.4) is 0 Å². The minimum absolute atomic E-state index is 0.0762. The van der Waals surface area contributed by atoms with E-state index in [0.29, 0.717) is 26.2 Å². The van der Waals surface area contributed by atoms with Crippen LogP contribution >= 0.6 is 11.5 Å². The van der Waals surface area contributed by atoms with Crippen molar-refractivity contribution in [2.45, 2.75) is 6.92 Å². The molecule has 1 N–H and O–H groups in total. The lowest BCUT2D eigenvalue weighted by atomic mass is 10.1. The van der Waals surface area contributed by atoms with Crippen LogP contribution in [0.4, 0.5) is 16.3 Å². The molecule has 0 radical (unpaired) electrons. The summed E-state index contributed by atoms with van der Waals surface area (Å²) in [6.45, 7) is 4.64. The van der Waals surface area contributed by atoms with Crippen LogP contribution in [0, 0.1) is 6.92 Å². The maximum atomic E-state index is 12.7. The standard InChI is InChI=1S/C24H24N6O2S/c1-16-4-3-5-18(14-16)27-24(31)30-12-10-29(11-13-30)23-22-21(25-15-26-23)20(28-33-22)17-6-8-19(32-2)9-7-17/h3-9,14-15H,10-13H2,1-2H3,(H,27,31). The first-order valence-electron chi connectivity index (χ1n) is 10.7. The van der Waals surface area contributed by atoms with Crippen molar-refractivity contribution in [3.8, 4) is 17.0 Å². The van der Waals surface area contributed by atoms with E-state index in [-0.39, 0.29) is 6.03 Å². The fourth-order valence-corrected chi connectivity index (χ4v) is 4.84. The van der Waals surface area contributed by atoms with Gasteiger partial charge in [-0.1, -0.05) is 12.1 Å². The summed E-state index contributed by atoms with van der Waals surface area (Å²) < 4.78 is 10.9. The van der Waals surface area contributed by atoms with E-state index in [2.05, 4.69) is 24.6 Å². The quantitative estimate of drug-likeness (QED) is 0.485. The monoisotopic (exact) mass is 460 g/mol. The number of fused-ring (bicyclic) bond motifs is 1. The second-order valence-electron chi connectivity index (χ2n) is 7.91. The molecule has 1 aliphatic heterocycles. The minimum atomic E-state index is -0.0762. The van der Waals surface area contributed by atoms with Gasteiger partial charge in [0.2, 0.25) is 0 Å². The van der Waals surface area contributed by atoms with E-state index < -0.39 is 0 Å². The zero-order valence-electron chi connectivity index (χ0n) is 18.5. The number of urea groups is 1. The highest BCUT2D eigenvalue weighted by Gasteiger charge is 2.25. The molecule has 2 aromatic heterocycles. The molecule has 33 heavy (non-hydrogen) atoms. The Labute approximate surface area is 196 Å². The molecule has 0 atom stereocenters. The van der Waals surface area contributed by atoms with Crippen molar-refractivity contribution in [3.63, 3.8) is 0 Å². The van der Waals surface area contributed by atoms with Crippen LogP contribution in [0.25, 0.3) is 21.5 Å². The molecule has 1 saturated heterocycles. The number of aromatic nitrogens is 3. The molecule has 1 aliphatic rings. The first-order valence-corrected chi connectivity index (χ1v) is 11.5. The molecular formula is C24H24N6O2S. The van der Waals surface area contributed by atoms with Crippen LogP contribution in [0.15, 0.2) is 54.9 Å². The van der Waals surface area contributed by atoms with Gasteiger partial charge in [-0.3, -0.25) is 0 Å². The molecule has 0 spiro atoms. The van der Waals surface area contributed by atoms with Gasteiger partial charge in [0.15, 0.2) is 5.82 Å². The number of carbonyl (C=O) groups excluding carboxylic acids is 1. The Balaban J connectivity index is 1.30. The van der Waals surface area contributed by atoms with Gasteiger partial charge in [-0.25, -0.2) is 14.8 Å². The van der Waals surface area contributed by atoms with Crippen molar-refractivity contribution in [1.82, 2.24) is 19.2 Å². The summed E-state index contributed by atoms with van der Waals surface area (Å²) in [4.78, 5) is 25.8. The van der Waals surface area contributed by atoms with E-state index in [1.54, 1.807) is 13.4 Å². The maximum Gasteiger partial charge on any atom is 0.321 e. The summed E-state index contributed by atoms with van der Waals surface area (Å²) in [5, 5.41) is 2.99. The molecule has 0 unspecified atom stereocenters. The molecule has 2 amide bonds. The lowest BCUT2D eigenvalue weighted by molar-refractivity contribution is 0.208. The second kappa shape index (κ2) is 9.03. The fourth-order valence-electron chi connectivity index (χ4n) is 3.96. The van der Waals surface area contributed by atoms with Crippen LogP contribution in [-0.4, -0.2) is 58.6 Å². The van der Waals surface area contributed by atoms with Crippen LogP contribution in [0.1, 0.15) is 5.56 Å². The molecule has 0 saturated carbocycles. The average molecular weight is 461 g/mol. The summed E-state index contributed by atoms with van der Waals surface area (Å²) in [6, 6.07) is 15.6. The third-order valence-electron chi connectivity index (χ3n) is 5.74. The number of piperazine rings is 1. The van der Waals surface area contributed by atoms with E-state index in [4.69, 9.17) is 4.74 Å². The second-order valence-corrected chi connectivity index (χ2v) is 8.68. The van der Waals surface area contributed by atoms with Crippen molar-refractivity contribution in [2.75, 3.05) is 43.5 Å². The van der Waals surface area contributed by atoms with Gasteiger partial charge in [-0.05, 0) is 60.4 Å². The number of rotatable bonds is 4. The Morgan fingerprint density at radius 2 is 1.85 bits per heavy atom. The predicted octanol–water partition coefficient (Wildman–Crippen LogP) is 4.42. The number of hydrogen-bond acceptors (Lipinski definition) is 7. The number of ether oxygens (including phenoxy) is 1. The molecule has 8 nitrogen and oxygen atoms in total. The number of nitrogens with zero attached hydrogens (tertiary/aromatic N) is 5. The molecule has 1 fully saturated rings. The lowest BCUT2D eigenvalue weighted by Crippen LogP contribution is -2.50. The Bertz CT molecular complexity index is 1280. The van der Waals surface area contributed by atoms with E-state index >= 15 is 0 Å². The van der Waals surface area contributed by atoms with Gasteiger partial charge in [0.25, 0.3) is 0 Å². The topological polar surface area (TPSA) is 83.5 Å². The number of aryl methyl sites for hydroxylation is 1. The molecule has 2 aromatic carbocycles. The number of hydrogen-bond donors (Lipinski definition) is 1. The van der Waals surface area contributed by atoms with Crippen molar-refractivity contribution in [3.05, 3.63) is 60.4 Å². The van der Waals surface area contributed by atoms with Crippen LogP contribution in [-0.2, 0) is 0 Å². The van der Waals surface area contributed by atoms with E-state index in [1.807, 2.05) is 60.4 Å². The zero-order valence-corrected chi connectivity index (χ0v) is 19.3. The normalized spacial score (nSPS) is 13.9. The Hall–Kier alpha value is -3.72. The van der Waals surface area contributed by atoms with E-state index in [1.165, 1.54) is 11.5 Å². The summed E-state index contributed by atoms with van der Waals surface area (Å²) in [6.07, 6.45) is 1.59. The van der Waals surface area contributed by atoms with E-state index in [9.17, 15) is 4.79 Å². The molecule has 3 heterocycles. The molecule has 4 aromatic rings. The van der Waals surface area contributed by atoms with Gasteiger partial charge < -0.3 is 19.9 Å². The number of carbonyl (C=O) groups is 1. The molecule has 5 rings (SSSR count). The minimum Gasteiger partial charge on any atom is -0.497 e. The van der Waals surface area contributed by atoms with Gasteiger partial charge in [0, 0.05) is 37.4 Å². The molecule has 168 valence electrons. The average Bonchev–Trinajstić information content (AvgIpc) is 3.28. The summed E-state index contributed by atoms with van der Waals surface area (Å²) in [7, 11) is 1.65. The van der Waals surface area contributed by atoms with Crippen LogP contribution in [0.2, 0.25) is 0 Å². The Morgan fingerprint density at radius 1 is 1.06 bits per heavy atom. The lowest BCUT2D eigenvalue weighted by Gasteiger charge is -2.35. The largest absolute Gasteiger partial charge is 0.497 e. The highest BCUT2D eigenvalue weighted by atomic mass is 32.1. The highest BCUT2D eigenvalue weighted by molar-refractivity contribution is 7.14. The van der Waals surface area contributed by atoms with Gasteiger partial charge >= 0.3 is 6.03 Å². The third-order valence-corrected chi connectivity index (χ3v) is 6.57. The van der Waals surface area contributed by atoms with Crippen LogP contribution in [0.5, 0.6) is 5.75 Å². The Morgan fingerprint density at radius 3 is 2.58 bits per heavy atom. The van der Waals surface area contributed by atoms with Crippen molar-refractivity contribution in [2.24, 2.45) is 0 Å². The molecule has 9 heteroatoms. The van der Waals surface area contributed by atoms with Crippen molar-refractivity contribution < 1.29 is 9.53 Å². The van der Waals surface area contributed by atoms with Crippen LogP contribution < -0.4 is 15.0 Å². The van der Waals surface area contributed by atoms with Gasteiger partial charge in [0.1, 0.15) is 28.0 Å². The maximum absolute atomic E-state index is 12.7. The highest BCUT2D eigenvalue weighted by Crippen LogP contribution is 2.35. The number of amides is 2. The first-order chi connectivity index (χ1) is 16.1. The molecular weight excluding hydrogens is 436 g/mol. The summed E-state index contributed by atoms with van der Waals surface area (Å²) >= 11 is 1.41. The molecule has 0 aliphatic carbocycles. The number of anilines is 2. The van der Waals surface area contributed by atoms with Gasteiger partial charge in [0.05, 0.1) is 7.11 Å². The third kappa shape index (κ3) is 4.31. The number of nitrogens with one attached hydrogen (secondary N) is 1. The summed E-state index contributed by atoms with van der Waals surface area (Å²) in [5.41, 5.74) is 4.61. The van der Waals surface area contributed by atoms with Crippen molar-refractivity contribution >= 4 is 39.3 Å². The zero-order chi connectivity index (χ0) is 22.8. The first kappa shape index (κ1) is 21.1. The molecule has 0 bridgehead atoms. The van der Waals surface area contributed by atoms with Gasteiger partial charge in [-0.15, -0.1) is 0 Å². The van der Waals surface area contributed by atoms with Gasteiger partial charge in [-0.2, -0.15) is 4.37 Å². The number of methoxy groups -OCH3 is 1. The number of benzene rings is 2.